The highest BCUT2D eigenvalue weighted by atomic mass is 32.1. The predicted molar refractivity (Wildman–Crippen MR) is 83.7 cm³/mol. The second-order valence-electron chi connectivity index (χ2n) is 4.71. The zero-order valence-electron chi connectivity index (χ0n) is 12.3. The Kier molecular flexibility index (Phi) is 5.24. The summed E-state index contributed by atoms with van der Waals surface area (Å²) in [6.07, 6.45) is 0. The van der Waals surface area contributed by atoms with Crippen LogP contribution in [0.2, 0.25) is 0 Å². The van der Waals surface area contributed by atoms with Crippen LogP contribution in [0.1, 0.15) is 16.1 Å². The molecule has 6 nitrogen and oxygen atoms in total. The maximum Gasteiger partial charge on any atom is 0.245 e. The molecule has 0 aliphatic rings. The molecule has 1 aromatic carbocycles. The van der Waals surface area contributed by atoms with Crippen molar-refractivity contribution in [3.63, 3.8) is 0 Å². The van der Waals surface area contributed by atoms with Gasteiger partial charge in [-0.1, -0.05) is 17.4 Å². The van der Waals surface area contributed by atoms with Crippen molar-refractivity contribution in [1.29, 1.82) is 0 Å². The van der Waals surface area contributed by atoms with E-state index in [4.69, 9.17) is 4.74 Å². The van der Waals surface area contributed by atoms with Gasteiger partial charge >= 0.3 is 0 Å². The van der Waals surface area contributed by atoms with Crippen molar-refractivity contribution in [2.24, 2.45) is 0 Å². The molecule has 1 aromatic heterocycles. The van der Waals surface area contributed by atoms with E-state index in [-0.39, 0.29) is 12.5 Å². The third-order valence-electron chi connectivity index (χ3n) is 2.66. The highest BCUT2D eigenvalue weighted by Crippen LogP contribution is 2.16. The van der Waals surface area contributed by atoms with Crippen LogP contribution in [0, 0.1) is 13.8 Å². The number of nitrogens with one attached hydrogen (secondary N) is 2. The maximum atomic E-state index is 11.9. The molecule has 7 heteroatoms. The maximum absolute atomic E-state index is 11.9. The first-order valence-corrected chi connectivity index (χ1v) is 7.32. The third-order valence-corrected chi connectivity index (χ3v) is 3.47. The Balaban J connectivity index is 1.86. The molecule has 0 saturated heterocycles. The largest absolute Gasteiger partial charge is 0.377 e. The Hall–Kier alpha value is -1.99. The molecule has 0 saturated carbocycles. The van der Waals surface area contributed by atoms with E-state index in [0.29, 0.717) is 11.7 Å². The van der Waals surface area contributed by atoms with Gasteiger partial charge in [-0.05, 0) is 37.1 Å². The van der Waals surface area contributed by atoms with Gasteiger partial charge in [-0.2, -0.15) is 0 Å². The van der Waals surface area contributed by atoms with Crippen molar-refractivity contribution >= 4 is 28.1 Å². The Bertz CT molecular complexity index is 607. The Morgan fingerprint density at radius 3 is 2.62 bits per heavy atom. The molecule has 0 unspecified atom stereocenters. The molecule has 112 valence electrons. The number of hydrogen-bond acceptors (Lipinski definition) is 6. The molecule has 21 heavy (non-hydrogen) atoms. The SMILES string of the molecule is COCc1nnc(NC(=O)CNc2cc(C)cc(C)c2)s1. The van der Waals surface area contributed by atoms with Crippen LogP contribution in [0.5, 0.6) is 0 Å². The lowest BCUT2D eigenvalue weighted by Crippen LogP contribution is -2.21. The van der Waals surface area contributed by atoms with Gasteiger partial charge in [-0.25, -0.2) is 0 Å². The monoisotopic (exact) mass is 306 g/mol. The Labute approximate surface area is 127 Å². The number of aromatic nitrogens is 2. The molecular formula is C14H18N4O2S. The van der Waals surface area contributed by atoms with Crippen molar-refractivity contribution in [2.75, 3.05) is 24.3 Å². The minimum Gasteiger partial charge on any atom is -0.377 e. The number of hydrogen-bond donors (Lipinski definition) is 2. The number of carbonyl (C=O) groups excluding carboxylic acids is 1. The zero-order chi connectivity index (χ0) is 15.2. The first-order chi connectivity index (χ1) is 10.1. The molecule has 1 amide bonds. The van der Waals surface area contributed by atoms with Gasteiger partial charge in [-0.3, -0.25) is 10.1 Å². The van der Waals surface area contributed by atoms with Gasteiger partial charge in [0, 0.05) is 12.8 Å². The van der Waals surface area contributed by atoms with Gasteiger partial charge < -0.3 is 10.1 Å². The standard InChI is InChI=1S/C14H18N4O2S/c1-9-4-10(2)6-11(5-9)15-7-12(19)16-14-18-17-13(21-14)8-20-3/h4-6,15H,7-8H2,1-3H3,(H,16,18,19). The van der Waals surface area contributed by atoms with E-state index in [1.165, 1.54) is 11.3 Å². The molecule has 0 fully saturated rings. The minimum atomic E-state index is -0.158. The minimum absolute atomic E-state index is 0.158. The van der Waals surface area contributed by atoms with Crippen molar-refractivity contribution in [3.8, 4) is 0 Å². The van der Waals surface area contributed by atoms with E-state index in [0.717, 1.165) is 21.8 Å². The summed E-state index contributed by atoms with van der Waals surface area (Å²) in [7, 11) is 1.59. The van der Waals surface area contributed by atoms with E-state index >= 15 is 0 Å². The fraction of sp³-hybridized carbons (Fsp3) is 0.357. The molecule has 2 N–H and O–H groups in total. The van der Waals surface area contributed by atoms with E-state index in [9.17, 15) is 4.79 Å². The molecule has 2 aromatic rings. The number of anilines is 2. The predicted octanol–water partition coefficient (Wildman–Crippen LogP) is 2.35. The summed E-state index contributed by atoms with van der Waals surface area (Å²) in [6, 6.07) is 6.09. The Morgan fingerprint density at radius 2 is 1.95 bits per heavy atom. The van der Waals surface area contributed by atoms with Crippen LogP contribution in [0.4, 0.5) is 10.8 Å². The molecule has 0 atom stereocenters. The molecule has 2 rings (SSSR count). The summed E-state index contributed by atoms with van der Waals surface area (Å²) < 4.78 is 4.96. The highest BCUT2D eigenvalue weighted by Gasteiger charge is 2.08. The summed E-state index contributed by atoms with van der Waals surface area (Å²) in [5.74, 6) is -0.158. The number of ether oxygens (including phenoxy) is 1. The lowest BCUT2D eigenvalue weighted by molar-refractivity contribution is -0.114. The molecule has 0 bridgehead atoms. The van der Waals surface area contributed by atoms with Gasteiger partial charge in [0.25, 0.3) is 0 Å². The topological polar surface area (TPSA) is 76.1 Å². The second-order valence-corrected chi connectivity index (χ2v) is 5.77. The van der Waals surface area contributed by atoms with Crippen molar-refractivity contribution in [3.05, 3.63) is 34.3 Å². The summed E-state index contributed by atoms with van der Waals surface area (Å²) in [4.78, 5) is 11.9. The van der Waals surface area contributed by atoms with Crippen LogP contribution in [0.25, 0.3) is 0 Å². The van der Waals surface area contributed by atoms with Gasteiger partial charge in [0.1, 0.15) is 11.6 Å². The molecular weight excluding hydrogens is 288 g/mol. The molecule has 0 aliphatic heterocycles. The first kappa shape index (κ1) is 15.4. The van der Waals surface area contributed by atoms with E-state index in [1.807, 2.05) is 26.0 Å². The normalized spacial score (nSPS) is 10.4. The van der Waals surface area contributed by atoms with Gasteiger partial charge in [0.05, 0.1) is 6.54 Å². The summed E-state index contributed by atoms with van der Waals surface area (Å²) in [6.45, 7) is 4.63. The lowest BCUT2D eigenvalue weighted by Gasteiger charge is -2.08. The molecule has 1 heterocycles. The van der Waals surface area contributed by atoms with Crippen LogP contribution in [0.3, 0.4) is 0 Å². The summed E-state index contributed by atoms with van der Waals surface area (Å²) >= 11 is 1.31. The van der Waals surface area contributed by atoms with Crippen LogP contribution in [-0.2, 0) is 16.1 Å². The van der Waals surface area contributed by atoms with Crippen LogP contribution < -0.4 is 10.6 Å². The Morgan fingerprint density at radius 1 is 1.24 bits per heavy atom. The first-order valence-electron chi connectivity index (χ1n) is 6.50. The number of carbonyl (C=O) groups is 1. The second kappa shape index (κ2) is 7.14. The van der Waals surface area contributed by atoms with E-state index < -0.39 is 0 Å². The number of methoxy groups -OCH3 is 1. The lowest BCUT2D eigenvalue weighted by atomic mass is 10.1. The smallest absolute Gasteiger partial charge is 0.245 e. The van der Waals surface area contributed by atoms with Gasteiger partial charge in [0.15, 0.2) is 0 Å². The summed E-state index contributed by atoms with van der Waals surface area (Å²) in [5.41, 5.74) is 3.25. The number of amides is 1. The summed E-state index contributed by atoms with van der Waals surface area (Å²) in [5, 5.41) is 14.8. The highest BCUT2D eigenvalue weighted by molar-refractivity contribution is 7.15. The molecule has 0 aliphatic carbocycles. The van der Waals surface area contributed by atoms with Crippen LogP contribution in [-0.4, -0.2) is 29.8 Å². The van der Waals surface area contributed by atoms with E-state index in [2.05, 4.69) is 26.9 Å². The van der Waals surface area contributed by atoms with Gasteiger partial charge in [-0.15, -0.1) is 10.2 Å². The van der Waals surface area contributed by atoms with Crippen LogP contribution >= 0.6 is 11.3 Å². The third kappa shape index (κ3) is 4.80. The fourth-order valence-electron chi connectivity index (χ4n) is 1.91. The average Bonchev–Trinajstić information content (AvgIpc) is 2.83. The van der Waals surface area contributed by atoms with Crippen molar-refractivity contribution < 1.29 is 9.53 Å². The van der Waals surface area contributed by atoms with Crippen LogP contribution in [0.15, 0.2) is 18.2 Å². The average molecular weight is 306 g/mol. The quantitative estimate of drug-likeness (QED) is 0.857. The molecule has 0 spiro atoms. The van der Waals surface area contributed by atoms with Crippen molar-refractivity contribution in [2.45, 2.75) is 20.5 Å². The van der Waals surface area contributed by atoms with Gasteiger partial charge in [0.2, 0.25) is 11.0 Å². The number of nitrogens with zero attached hydrogens (tertiary/aromatic N) is 2. The zero-order valence-corrected chi connectivity index (χ0v) is 13.1. The molecule has 0 radical (unpaired) electrons. The number of rotatable bonds is 6. The number of benzene rings is 1. The fourth-order valence-corrected chi connectivity index (χ4v) is 2.64. The van der Waals surface area contributed by atoms with Crippen molar-refractivity contribution in [1.82, 2.24) is 10.2 Å². The van der Waals surface area contributed by atoms with E-state index in [1.54, 1.807) is 7.11 Å². The number of aryl methyl sites for hydroxylation is 2.